The topological polar surface area (TPSA) is 77.0 Å². The third-order valence-electron chi connectivity index (χ3n) is 4.95. The number of carbonyl (C=O) groups is 1. The molecule has 4 aromatic rings. The highest BCUT2D eigenvalue weighted by Gasteiger charge is 2.20. The monoisotopic (exact) mass is 409 g/mol. The van der Waals surface area contributed by atoms with E-state index in [2.05, 4.69) is 15.1 Å². The van der Waals surface area contributed by atoms with Crippen LogP contribution in [0.2, 0.25) is 5.02 Å². The van der Waals surface area contributed by atoms with Gasteiger partial charge in [0, 0.05) is 41.8 Å². The Morgan fingerprint density at radius 3 is 2.79 bits per heavy atom. The minimum absolute atomic E-state index is 0.131. The molecule has 0 saturated heterocycles. The number of aryl methyl sites for hydroxylation is 1. The molecule has 0 unspecified atom stereocenters. The van der Waals surface area contributed by atoms with E-state index >= 15 is 0 Å². The Hall–Kier alpha value is -3.19. The summed E-state index contributed by atoms with van der Waals surface area (Å²) in [6.45, 7) is 5.29. The lowest BCUT2D eigenvalue weighted by atomic mass is 10.1. The van der Waals surface area contributed by atoms with Gasteiger partial charge in [-0.3, -0.25) is 9.48 Å². The summed E-state index contributed by atoms with van der Waals surface area (Å²) in [4.78, 5) is 23.8. The molecule has 0 saturated carbocycles. The molecular weight excluding hydrogens is 390 g/mol. The van der Waals surface area contributed by atoms with E-state index < -0.39 is 0 Å². The van der Waals surface area contributed by atoms with Crippen LogP contribution in [0.1, 0.15) is 28.5 Å². The van der Waals surface area contributed by atoms with E-state index in [0.29, 0.717) is 39.4 Å². The molecule has 0 N–H and O–H groups in total. The molecule has 0 atom stereocenters. The Kier molecular flexibility index (Phi) is 5.07. The number of rotatable bonds is 5. The molecular formula is C21H20ClN5O2. The van der Waals surface area contributed by atoms with Crippen LogP contribution in [-0.4, -0.2) is 37.6 Å². The van der Waals surface area contributed by atoms with Gasteiger partial charge in [0.1, 0.15) is 12.0 Å². The fraction of sp³-hybridized carbons (Fsp3) is 0.238. The summed E-state index contributed by atoms with van der Waals surface area (Å²) < 4.78 is 6.99. The maximum Gasteiger partial charge on any atom is 0.254 e. The van der Waals surface area contributed by atoms with Crippen LogP contribution in [0.3, 0.4) is 0 Å². The minimum atomic E-state index is -0.131. The van der Waals surface area contributed by atoms with Gasteiger partial charge in [0.25, 0.3) is 5.91 Å². The van der Waals surface area contributed by atoms with E-state index in [4.69, 9.17) is 16.0 Å². The van der Waals surface area contributed by atoms with E-state index in [1.165, 1.54) is 12.7 Å². The third kappa shape index (κ3) is 3.61. The standard InChI is InChI=1S/C21H20ClN5O2/c1-4-27-13(2)14(9-24-27)10-26(3)21(28)17-8-19(20-11-29-12-23-20)25-18-6-5-15(22)7-16(17)18/h5-9,11-12H,4,10H2,1-3H3. The number of benzene rings is 1. The lowest BCUT2D eigenvalue weighted by Crippen LogP contribution is -2.26. The molecule has 29 heavy (non-hydrogen) atoms. The number of carbonyl (C=O) groups excluding carboxylic acids is 1. The first-order valence-electron chi connectivity index (χ1n) is 9.23. The van der Waals surface area contributed by atoms with Crippen molar-refractivity contribution < 1.29 is 9.21 Å². The van der Waals surface area contributed by atoms with Gasteiger partial charge in [-0.1, -0.05) is 11.6 Å². The van der Waals surface area contributed by atoms with Crippen LogP contribution in [0.4, 0.5) is 0 Å². The molecule has 3 aromatic heterocycles. The fourth-order valence-corrected chi connectivity index (χ4v) is 3.51. The maximum absolute atomic E-state index is 13.4. The first-order chi connectivity index (χ1) is 14.0. The van der Waals surface area contributed by atoms with Crippen molar-refractivity contribution in [3.8, 4) is 11.4 Å². The van der Waals surface area contributed by atoms with Gasteiger partial charge in [-0.05, 0) is 38.1 Å². The van der Waals surface area contributed by atoms with Crippen LogP contribution in [0.15, 0.2) is 47.5 Å². The zero-order chi connectivity index (χ0) is 20.5. The molecule has 148 valence electrons. The van der Waals surface area contributed by atoms with Gasteiger partial charge in [0.15, 0.2) is 6.39 Å². The maximum atomic E-state index is 13.4. The second-order valence-corrected chi connectivity index (χ2v) is 7.26. The zero-order valence-corrected chi connectivity index (χ0v) is 17.1. The minimum Gasteiger partial charge on any atom is -0.451 e. The van der Waals surface area contributed by atoms with Crippen LogP contribution in [0, 0.1) is 6.92 Å². The summed E-state index contributed by atoms with van der Waals surface area (Å²) in [6, 6.07) is 7.05. The number of fused-ring (bicyclic) bond motifs is 1. The number of pyridine rings is 1. The zero-order valence-electron chi connectivity index (χ0n) is 16.4. The van der Waals surface area contributed by atoms with Gasteiger partial charge in [-0.25, -0.2) is 9.97 Å². The molecule has 0 fully saturated rings. The lowest BCUT2D eigenvalue weighted by Gasteiger charge is -2.19. The smallest absolute Gasteiger partial charge is 0.254 e. The van der Waals surface area contributed by atoms with Crippen molar-refractivity contribution in [1.82, 2.24) is 24.6 Å². The summed E-state index contributed by atoms with van der Waals surface area (Å²) in [5.41, 5.74) is 4.38. The SMILES string of the molecule is CCn1ncc(CN(C)C(=O)c2cc(-c3cocn3)nc3ccc(Cl)cc23)c1C. The van der Waals surface area contributed by atoms with Crippen molar-refractivity contribution in [3.05, 3.63) is 65.0 Å². The van der Waals surface area contributed by atoms with Gasteiger partial charge in [-0.15, -0.1) is 0 Å². The van der Waals surface area contributed by atoms with Crippen molar-refractivity contribution in [3.63, 3.8) is 0 Å². The Morgan fingerprint density at radius 1 is 1.28 bits per heavy atom. The molecule has 1 aromatic carbocycles. The summed E-state index contributed by atoms with van der Waals surface area (Å²) in [5, 5.41) is 5.60. The molecule has 3 heterocycles. The van der Waals surface area contributed by atoms with Crippen LogP contribution < -0.4 is 0 Å². The van der Waals surface area contributed by atoms with Crippen LogP contribution in [0.5, 0.6) is 0 Å². The van der Waals surface area contributed by atoms with E-state index in [0.717, 1.165) is 17.8 Å². The summed E-state index contributed by atoms with van der Waals surface area (Å²) in [5.74, 6) is -0.131. The largest absolute Gasteiger partial charge is 0.451 e. The van der Waals surface area contributed by atoms with Gasteiger partial charge < -0.3 is 9.32 Å². The molecule has 4 rings (SSSR count). The van der Waals surface area contributed by atoms with Crippen molar-refractivity contribution in [2.75, 3.05) is 7.05 Å². The third-order valence-corrected chi connectivity index (χ3v) is 5.19. The Balaban J connectivity index is 1.75. The second kappa shape index (κ2) is 7.67. The highest BCUT2D eigenvalue weighted by molar-refractivity contribution is 6.31. The molecule has 0 bridgehead atoms. The van der Waals surface area contributed by atoms with E-state index in [9.17, 15) is 4.79 Å². The number of halogens is 1. The molecule has 0 radical (unpaired) electrons. The quantitative estimate of drug-likeness (QED) is 0.490. The average Bonchev–Trinajstić information content (AvgIpc) is 3.37. The Labute approximate surface area is 172 Å². The highest BCUT2D eigenvalue weighted by atomic mass is 35.5. The van der Waals surface area contributed by atoms with E-state index in [1.54, 1.807) is 36.2 Å². The number of hydrogen-bond acceptors (Lipinski definition) is 5. The average molecular weight is 410 g/mol. The lowest BCUT2D eigenvalue weighted by molar-refractivity contribution is 0.0787. The number of oxazole rings is 1. The normalized spacial score (nSPS) is 11.2. The van der Waals surface area contributed by atoms with Gasteiger partial charge >= 0.3 is 0 Å². The molecule has 1 amide bonds. The molecule has 0 aliphatic heterocycles. The van der Waals surface area contributed by atoms with Gasteiger partial charge in [0.2, 0.25) is 0 Å². The van der Waals surface area contributed by atoms with Crippen LogP contribution in [0.25, 0.3) is 22.3 Å². The number of nitrogens with zero attached hydrogens (tertiary/aromatic N) is 5. The molecule has 7 nitrogen and oxygen atoms in total. The van der Waals surface area contributed by atoms with Crippen LogP contribution >= 0.6 is 11.6 Å². The number of aromatic nitrogens is 4. The van der Waals surface area contributed by atoms with E-state index in [-0.39, 0.29) is 5.91 Å². The summed E-state index contributed by atoms with van der Waals surface area (Å²) in [7, 11) is 1.78. The molecule has 0 aliphatic rings. The first kappa shape index (κ1) is 19.1. The van der Waals surface area contributed by atoms with Crippen molar-refractivity contribution in [2.24, 2.45) is 0 Å². The van der Waals surface area contributed by atoms with Crippen LogP contribution in [-0.2, 0) is 13.1 Å². The van der Waals surface area contributed by atoms with E-state index in [1.807, 2.05) is 24.7 Å². The highest BCUT2D eigenvalue weighted by Crippen LogP contribution is 2.27. The first-order valence-corrected chi connectivity index (χ1v) is 9.61. The van der Waals surface area contributed by atoms with Crippen molar-refractivity contribution in [2.45, 2.75) is 26.9 Å². The van der Waals surface area contributed by atoms with Gasteiger partial charge in [0.05, 0.1) is 23.0 Å². The summed E-state index contributed by atoms with van der Waals surface area (Å²) in [6.07, 6.45) is 4.65. The Bertz CT molecular complexity index is 1180. The predicted molar refractivity (Wildman–Crippen MR) is 111 cm³/mol. The number of hydrogen-bond donors (Lipinski definition) is 0. The van der Waals surface area contributed by atoms with Crippen molar-refractivity contribution in [1.29, 1.82) is 0 Å². The summed E-state index contributed by atoms with van der Waals surface area (Å²) >= 11 is 6.19. The second-order valence-electron chi connectivity index (χ2n) is 6.82. The predicted octanol–water partition coefficient (Wildman–Crippen LogP) is 4.34. The fourth-order valence-electron chi connectivity index (χ4n) is 3.34. The van der Waals surface area contributed by atoms with Crippen molar-refractivity contribution >= 4 is 28.4 Å². The number of amides is 1. The molecule has 0 spiro atoms. The van der Waals surface area contributed by atoms with Gasteiger partial charge in [-0.2, -0.15) is 5.10 Å². The molecule has 0 aliphatic carbocycles. The Morgan fingerprint density at radius 2 is 2.10 bits per heavy atom. The molecule has 8 heteroatoms.